The van der Waals surface area contributed by atoms with E-state index < -0.39 is 87.3 Å². The van der Waals surface area contributed by atoms with Crippen LogP contribution in [0.1, 0.15) is 191 Å². The number of benzene rings is 2. The molecule has 104 heavy (non-hydrogen) atoms. The largest absolute Gasteiger partial charge is 0.478 e. The van der Waals surface area contributed by atoms with Crippen molar-refractivity contribution in [1.82, 2.24) is 51.2 Å². The number of amides is 6. The Morgan fingerprint density at radius 3 is 1.11 bits per heavy atom. The van der Waals surface area contributed by atoms with E-state index in [9.17, 15) is 48.3 Å². The van der Waals surface area contributed by atoms with Crippen molar-refractivity contribution in [1.29, 1.82) is 0 Å². The Morgan fingerprint density at radius 2 is 0.788 bits per heavy atom. The van der Waals surface area contributed by atoms with Crippen LogP contribution in [0, 0.1) is 39.4 Å². The van der Waals surface area contributed by atoms with Gasteiger partial charge in [0.05, 0.1) is 50.0 Å². The van der Waals surface area contributed by atoms with Crippen LogP contribution in [-0.4, -0.2) is 188 Å². The van der Waals surface area contributed by atoms with Gasteiger partial charge in [-0.05, 0) is 105 Å². The smallest absolute Gasteiger partial charge is 0.333 e. The third-order valence-electron chi connectivity index (χ3n) is 19.4. The van der Waals surface area contributed by atoms with Crippen molar-refractivity contribution in [3.8, 4) is 0 Å². The Kier molecular flexibility index (Phi) is 35.9. The molecule has 7 N–H and O–H groups in total. The molecule has 0 bridgehead atoms. The van der Waals surface area contributed by atoms with Gasteiger partial charge in [0.15, 0.2) is 0 Å². The Labute approximate surface area is 624 Å². The fraction of sp³-hybridized carbons (Fsp3) is 0.646. The molecule has 1 aromatic heterocycles. The fourth-order valence-electron chi connectivity index (χ4n) is 13.0. The zero-order chi connectivity index (χ0) is 81.0. The minimum Gasteiger partial charge on any atom is -0.478 e. The molecule has 0 aliphatic heterocycles. The number of para-hydroxylation sites is 1. The van der Waals surface area contributed by atoms with Crippen molar-refractivity contribution in [2.75, 3.05) is 56.0 Å². The van der Waals surface area contributed by atoms with Crippen LogP contribution < -0.4 is 31.9 Å². The Bertz CT molecular complexity index is 3460. The van der Waals surface area contributed by atoms with Crippen molar-refractivity contribution in [2.45, 2.75) is 245 Å². The highest BCUT2D eigenvalue weighted by atomic mass is 16.5. The topological polar surface area (TPSA) is 279 Å². The molecule has 22 nitrogen and oxygen atoms in total. The van der Waals surface area contributed by atoms with Crippen LogP contribution in [0.25, 0.3) is 10.9 Å². The van der Waals surface area contributed by atoms with Gasteiger partial charge < -0.3 is 65.7 Å². The van der Waals surface area contributed by atoms with Gasteiger partial charge in [0, 0.05) is 72.8 Å². The molecule has 0 radical (unpaired) electrons. The van der Waals surface area contributed by atoms with Gasteiger partial charge >= 0.3 is 17.9 Å². The number of aromatic nitrogens is 1. The minimum atomic E-state index is -1.01. The first-order valence-electron chi connectivity index (χ1n) is 36.4. The Hall–Kier alpha value is -7.69. The number of rotatable bonds is 29. The van der Waals surface area contributed by atoms with Gasteiger partial charge in [0.2, 0.25) is 35.4 Å². The molecule has 3 rings (SSSR count). The summed E-state index contributed by atoms with van der Waals surface area (Å²) >= 11 is 0. The predicted molar refractivity (Wildman–Crippen MR) is 419 cm³/mol. The van der Waals surface area contributed by atoms with Crippen LogP contribution >= 0.6 is 0 Å². The second-order valence-corrected chi connectivity index (χ2v) is 34.1. The van der Waals surface area contributed by atoms with E-state index >= 15 is 0 Å². The first-order valence-corrected chi connectivity index (χ1v) is 36.4. The van der Waals surface area contributed by atoms with E-state index in [1.807, 2.05) is 202 Å². The summed E-state index contributed by atoms with van der Waals surface area (Å²) in [5.74, 6) is -3.18. The van der Waals surface area contributed by atoms with E-state index in [1.54, 1.807) is 96.0 Å². The number of carbonyl (C=O) groups is 9. The van der Waals surface area contributed by atoms with Gasteiger partial charge in [-0.25, -0.2) is 14.4 Å². The second-order valence-electron chi connectivity index (χ2n) is 34.1. The fourth-order valence-corrected chi connectivity index (χ4v) is 13.0. The number of fused-ring (bicyclic) bond motifs is 1. The standard InChI is InChI=1S/C31H48N4O4.C29H47N3O4.C22H41N3O4/c1-19(2)24(17-20(3)29(38)39-12)35(11)28(37)26(30(4,5)6)33-27(36)25(32-9)31(7,8)22-18-34(10)23-16-14-13-15-21(22)23;1-12-36-27(35)20(4)18-22(19(2)3)32(11)26(34)24(28(5,6)7)31-25(33)23(30-10)29(8,9)21-16-14-13-15-17-21;1-13(2)15(12-14(3)20(28)29)25(11)19(27)17(22(7,8)9)24-18(26)16(23-10)21(4,5)6/h13-19,24-26,32H,1-12H3,(H,33,36);13-19,22-24,30H,12H2,1-11H3,(H,31,33);12-13,15-17,23H,1-11H3,(H,24,26)(H,28,29)/b20-17+;20-18+;14-12+/t24-,25-,26-;22-,23+,24-;15-,16-,17-/m111/s1. The number of hydrogen-bond acceptors (Lipinski definition) is 14. The summed E-state index contributed by atoms with van der Waals surface area (Å²) in [6.07, 6.45) is 7.21. The molecule has 9 atom stereocenters. The average Bonchev–Trinajstić information content (AvgIpc) is 1.65. The molecule has 0 spiro atoms. The van der Waals surface area contributed by atoms with E-state index in [0.717, 1.165) is 22.0 Å². The maximum atomic E-state index is 13.9. The second kappa shape index (κ2) is 39.6. The van der Waals surface area contributed by atoms with E-state index in [4.69, 9.17) is 9.47 Å². The van der Waals surface area contributed by atoms with E-state index in [1.165, 1.54) is 14.0 Å². The van der Waals surface area contributed by atoms with E-state index in [0.29, 0.717) is 11.1 Å². The summed E-state index contributed by atoms with van der Waals surface area (Å²) in [5.41, 5.74) is 1.17. The molecule has 3 aromatic rings. The van der Waals surface area contributed by atoms with Crippen molar-refractivity contribution in [3.63, 3.8) is 0 Å². The molecule has 0 aliphatic rings. The molecule has 1 heterocycles. The van der Waals surface area contributed by atoms with Crippen molar-refractivity contribution < 1.29 is 57.7 Å². The molecule has 0 saturated heterocycles. The molecule has 0 aliphatic carbocycles. The number of carboxylic acids is 1. The SMILES string of the molecule is CCOC(=O)/C(C)=C/[C@H](C(C)C)N(C)C(=O)[C@@H](NC(=O)[C@H](NC)C(C)(C)c1ccccc1)C(C)(C)C.CN[C@H](C(=O)N[C@H](C(=O)N(C)[C@H](/C=C(\C)C(=O)O)C(C)C)C(C)(C)C)C(C)(C)C.CN[C@H](C(=O)N[C@H](C(=O)N(C)[C@H](/C=C(\C)C(=O)OC)C(C)C)C(C)(C)C)C(C)(C)c1cn(C)c2ccccc12. The van der Waals surface area contributed by atoms with Crippen molar-refractivity contribution in [3.05, 3.63) is 107 Å². The third kappa shape index (κ3) is 25.8. The number of carbonyl (C=O) groups excluding carboxylic acids is 8. The minimum absolute atomic E-state index is 0.00852. The van der Waals surface area contributed by atoms with Gasteiger partial charge in [0.25, 0.3) is 0 Å². The molecule has 6 amide bonds. The van der Waals surface area contributed by atoms with Gasteiger partial charge in [0.1, 0.15) is 18.1 Å². The molecule has 586 valence electrons. The Morgan fingerprint density at radius 1 is 0.471 bits per heavy atom. The van der Waals surface area contributed by atoms with Gasteiger partial charge in [-0.2, -0.15) is 0 Å². The number of hydrogen-bond donors (Lipinski definition) is 7. The lowest BCUT2D eigenvalue weighted by Crippen LogP contribution is -2.61. The van der Waals surface area contributed by atoms with Crippen LogP contribution in [0.5, 0.6) is 0 Å². The summed E-state index contributed by atoms with van der Waals surface area (Å²) < 4.78 is 12.0. The number of aryl methyl sites for hydroxylation is 1. The van der Waals surface area contributed by atoms with Crippen LogP contribution in [0.2, 0.25) is 0 Å². The van der Waals surface area contributed by atoms with Crippen LogP contribution in [0.4, 0.5) is 0 Å². The number of ether oxygens (including phenoxy) is 2. The van der Waals surface area contributed by atoms with E-state index in [-0.39, 0.29) is 82.9 Å². The number of methoxy groups -OCH3 is 1. The number of esters is 2. The number of carboxylic acid groups (broad SMARTS) is 1. The maximum absolute atomic E-state index is 13.9. The number of aliphatic carboxylic acids is 1. The summed E-state index contributed by atoms with van der Waals surface area (Å²) in [6, 6.07) is 13.0. The molecular formula is C82H136N10O12. The number of nitrogens with one attached hydrogen (secondary N) is 6. The van der Waals surface area contributed by atoms with Gasteiger partial charge in [-0.15, -0.1) is 0 Å². The first kappa shape index (κ1) is 94.3. The highest BCUT2D eigenvalue weighted by Gasteiger charge is 2.45. The maximum Gasteiger partial charge on any atom is 0.333 e. The summed E-state index contributed by atoms with van der Waals surface area (Å²) in [7, 11) is 13.7. The molecule has 0 fully saturated rings. The van der Waals surface area contributed by atoms with Crippen LogP contribution in [0.15, 0.2) is 95.7 Å². The normalized spacial score (nSPS) is 15.5. The van der Waals surface area contributed by atoms with Crippen molar-refractivity contribution >= 4 is 64.3 Å². The quantitative estimate of drug-likeness (QED) is 0.0251. The summed E-state index contributed by atoms with van der Waals surface area (Å²) in [6.45, 7) is 50.1. The molecule has 0 saturated carbocycles. The summed E-state index contributed by atoms with van der Waals surface area (Å²) in [4.78, 5) is 122. The lowest BCUT2D eigenvalue weighted by Gasteiger charge is -2.40. The monoisotopic (exact) mass is 1450 g/mol. The summed E-state index contributed by atoms with van der Waals surface area (Å²) in [5, 5.41) is 28.8. The molecule has 22 heteroatoms. The zero-order valence-corrected chi connectivity index (χ0v) is 69.9. The Balaban J connectivity index is 0.000000789. The van der Waals surface area contributed by atoms with Crippen LogP contribution in [0.3, 0.4) is 0 Å². The van der Waals surface area contributed by atoms with Gasteiger partial charge in [-0.1, -0.05) is 219 Å². The zero-order valence-electron chi connectivity index (χ0n) is 69.9. The molecule has 0 unspecified atom stereocenters. The lowest BCUT2D eigenvalue weighted by atomic mass is 9.76. The average molecular weight is 1450 g/mol. The van der Waals surface area contributed by atoms with Crippen molar-refractivity contribution in [2.24, 2.45) is 46.5 Å². The highest BCUT2D eigenvalue weighted by molar-refractivity contribution is 5.95. The first-order chi connectivity index (χ1) is 47.5. The van der Waals surface area contributed by atoms with E-state index in [2.05, 4.69) is 54.8 Å². The van der Waals surface area contributed by atoms with Gasteiger partial charge in [-0.3, -0.25) is 28.8 Å². The number of nitrogens with zero attached hydrogens (tertiary/aromatic N) is 4. The highest BCUT2D eigenvalue weighted by Crippen LogP contribution is 2.36. The molecule has 2 aromatic carbocycles. The predicted octanol–water partition coefficient (Wildman–Crippen LogP) is 10.9. The third-order valence-corrected chi connectivity index (χ3v) is 19.4. The van der Waals surface area contributed by atoms with Crippen LogP contribution in [-0.2, 0) is 70.5 Å². The molecular weight excluding hydrogens is 1320 g/mol. The number of likely N-dealkylation sites (N-methyl/N-ethyl adjacent to an activating group) is 6. The lowest BCUT2D eigenvalue weighted by molar-refractivity contribution is -0.141.